The molecule has 0 amide bonds. The molecule has 4 nitrogen and oxygen atoms in total. The lowest BCUT2D eigenvalue weighted by molar-refractivity contribution is 0.590. The first-order valence-corrected chi connectivity index (χ1v) is 5.62. The van der Waals surface area contributed by atoms with E-state index in [0.29, 0.717) is 16.7 Å². The van der Waals surface area contributed by atoms with Crippen LogP contribution in [0.5, 0.6) is 0 Å². The van der Waals surface area contributed by atoms with Crippen molar-refractivity contribution in [3.63, 3.8) is 0 Å². The minimum Gasteiger partial charge on any atom is -0.301 e. The fourth-order valence-corrected chi connectivity index (χ4v) is 2.56. The Morgan fingerprint density at radius 2 is 1.62 bits per heavy atom. The van der Waals surface area contributed by atoms with Gasteiger partial charge in [-0.25, -0.2) is 12.4 Å². The van der Waals surface area contributed by atoms with Gasteiger partial charge < -0.3 is 5.41 Å². The van der Waals surface area contributed by atoms with E-state index in [2.05, 4.69) is 0 Å². The van der Waals surface area contributed by atoms with Crippen molar-refractivity contribution < 1.29 is 8.42 Å². The minimum absolute atomic E-state index is 0.329. The van der Waals surface area contributed by atoms with Crippen LogP contribution in [-0.2, 0) is 10.0 Å². The van der Waals surface area contributed by atoms with Crippen molar-refractivity contribution in [3.05, 3.63) is 28.9 Å². The van der Waals surface area contributed by atoms with Gasteiger partial charge in [0.1, 0.15) is 0 Å². The molecule has 0 aromatic carbocycles. The van der Waals surface area contributed by atoms with Gasteiger partial charge >= 0.3 is 0 Å². The average molecular weight is 200 g/mol. The lowest BCUT2D eigenvalue weighted by Gasteiger charge is -2.11. The Labute approximate surface area is 77.4 Å². The van der Waals surface area contributed by atoms with E-state index in [1.165, 1.54) is 16.1 Å². The Bertz CT molecular complexity index is 459. The summed E-state index contributed by atoms with van der Waals surface area (Å²) in [6.45, 7) is 3.35. The topological polar surface area (TPSA) is 62.9 Å². The van der Waals surface area contributed by atoms with Crippen molar-refractivity contribution in [3.8, 4) is 0 Å². The molecule has 0 saturated heterocycles. The van der Waals surface area contributed by atoms with Crippen LogP contribution in [-0.4, -0.2) is 18.6 Å². The molecule has 72 valence electrons. The standard InChI is InChI=1S/C8H12N2O2S/c1-6-4-8(9)5-7(2)10(6)13(3,11)12/h4-5,9H,1-3H3. The van der Waals surface area contributed by atoms with Crippen LogP contribution in [0.3, 0.4) is 0 Å². The van der Waals surface area contributed by atoms with Crippen LogP contribution in [0.4, 0.5) is 0 Å². The molecule has 0 aliphatic heterocycles. The molecule has 0 fully saturated rings. The van der Waals surface area contributed by atoms with Crippen LogP contribution in [0.1, 0.15) is 11.4 Å². The van der Waals surface area contributed by atoms with Crippen LogP contribution < -0.4 is 5.36 Å². The van der Waals surface area contributed by atoms with Gasteiger partial charge in [-0.3, -0.25) is 0 Å². The highest BCUT2D eigenvalue weighted by Gasteiger charge is 2.09. The summed E-state index contributed by atoms with van der Waals surface area (Å²) in [5, 5.41) is 7.70. The Hall–Kier alpha value is -1.10. The zero-order valence-electron chi connectivity index (χ0n) is 7.83. The summed E-state index contributed by atoms with van der Waals surface area (Å²) in [6.07, 6.45) is 1.15. The van der Waals surface area contributed by atoms with Crippen LogP contribution in [0.15, 0.2) is 12.1 Å². The zero-order valence-corrected chi connectivity index (χ0v) is 8.64. The van der Waals surface area contributed by atoms with E-state index in [-0.39, 0.29) is 0 Å². The Kier molecular flexibility index (Phi) is 2.30. The molecule has 0 unspecified atom stereocenters. The number of rotatable bonds is 1. The number of pyridine rings is 1. The Morgan fingerprint density at radius 1 is 1.23 bits per heavy atom. The van der Waals surface area contributed by atoms with E-state index in [1.54, 1.807) is 13.8 Å². The molecular formula is C8H12N2O2S. The van der Waals surface area contributed by atoms with E-state index in [1.807, 2.05) is 0 Å². The van der Waals surface area contributed by atoms with E-state index >= 15 is 0 Å². The highest BCUT2D eigenvalue weighted by molar-refractivity contribution is 7.89. The Balaban J connectivity index is 3.66. The molecule has 0 saturated carbocycles. The maximum atomic E-state index is 11.3. The molecule has 1 heterocycles. The number of nitrogens with one attached hydrogen (secondary N) is 1. The van der Waals surface area contributed by atoms with Crippen LogP contribution in [0.25, 0.3) is 0 Å². The maximum Gasteiger partial charge on any atom is 0.235 e. The fourth-order valence-electron chi connectivity index (χ4n) is 1.41. The van der Waals surface area contributed by atoms with Gasteiger partial charge in [0.05, 0.1) is 11.6 Å². The minimum atomic E-state index is -3.25. The summed E-state index contributed by atoms with van der Waals surface area (Å²) >= 11 is 0. The third-order valence-corrected chi connectivity index (χ3v) is 2.94. The summed E-state index contributed by atoms with van der Waals surface area (Å²) < 4.78 is 23.8. The Morgan fingerprint density at radius 3 is 1.92 bits per heavy atom. The molecule has 1 aromatic rings. The van der Waals surface area contributed by atoms with Gasteiger partial charge in [0.15, 0.2) is 0 Å². The molecule has 0 bridgehead atoms. The van der Waals surface area contributed by atoms with Gasteiger partial charge in [0.25, 0.3) is 0 Å². The molecule has 1 N–H and O–H groups in total. The second kappa shape index (κ2) is 2.99. The smallest absolute Gasteiger partial charge is 0.235 e. The third kappa shape index (κ3) is 1.98. The van der Waals surface area contributed by atoms with Crippen molar-refractivity contribution in [2.45, 2.75) is 13.8 Å². The summed E-state index contributed by atoms with van der Waals surface area (Å²) in [5.41, 5.74) is 1.13. The highest BCUT2D eigenvalue weighted by Crippen LogP contribution is 2.04. The van der Waals surface area contributed by atoms with E-state index in [4.69, 9.17) is 5.41 Å². The summed E-state index contributed by atoms with van der Waals surface area (Å²) in [6, 6.07) is 3.04. The monoisotopic (exact) mass is 200 g/mol. The molecule has 13 heavy (non-hydrogen) atoms. The second-order valence-electron chi connectivity index (χ2n) is 3.05. The number of aromatic nitrogens is 1. The largest absolute Gasteiger partial charge is 0.301 e. The normalized spacial score (nSPS) is 11.6. The number of hydrogen-bond donors (Lipinski definition) is 1. The molecule has 0 radical (unpaired) electrons. The highest BCUT2D eigenvalue weighted by atomic mass is 32.2. The summed E-state index contributed by atoms with van der Waals surface area (Å²) in [7, 11) is -3.25. The van der Waals surface area contributed by atoms with Gasteiger partial charge in [-0.1, -0.05) is 0 Å². The van der Waals surface area contributed by atoms with Gasteiger partial charge in [0.2, 0.25) is 10.0 Å². The quantitative estimate of drug-likeness (QED) is 0.713. The first-order chi connectivity index (χ1) is 5.82. The molecular weight excluding hydrogens is 188 g/mol. The van der Waals surface area contributed by atoms with Crippen molar-refractivity contribution in [2.24, 2.45) is 0 Å². The molecule has 0 spiro atoms. The van der Waals surface area contributed by atoms with E-state index in [0.717, 1.165) is 6.26 Å². The van der Waals surface area contributed by atoms with Crippen molar-refractivity contribution >= 4 is 10.0 Å². The van der Waals surface area contributed by atoms with Gasteiger partial charge in [-0.05, 0) is 26.0 Å². The second-order valence-corrected chi connectivity index (χ2v) is 4.89. The van der Waals surface area contributed by atoms with E-state index in [9.17, 15) is 8.42 Å². The molecule has 1 rings (SSSR count). The van der Waals surface area contributed by atoms with Gasteiger partial charge in [-0.15, -0.1) is 0 Å². The van der Waals surface area contributed by atoms with Crippen molar-refractivity contribution in [1.82, 2.24) is 3.97 Å². The summed E-state index contributed by atoms with van der Waals surface area (Å²) in [4.78, 5) is 0. The van der Waals surface area contributed by atoms with Crippen molar-refractivity contribution in [2.75, 3.05) is 6.26 Å². The van der Waals surface area contributed by atoms with Crippen LogP contribution in [0, 0.1) is 19.3 Å². The number of hydrogen-bond acceptors (Lipinski definition) is 3. The fraction of sp³-hybridized carbons (Fsp3) is 0.375. The first-order valence-electron chi connectivity index (χ1n) is 3.78. The lowest BCUT2D eigenvalue weighted by atomic mass is 10.3. The first kappa shape index (κ1) is 9.98. The molecule has 0 aliphatic rings. The maximum absolute atomic E-state index is 11.3. The molecule has 5 heteroatoms. The average Bonchev–Trinajstić information content (AvgIpc) is 1.78. The summed E-state index contributed by atoms with van der Waals surface area (Å²) in [5.74, 6) is 0. The van der Waals surface area contributed by atoms with Crippen LogP contribution in [0.2, 0.25) is 0 Å². The van der Waals surface area contributed by atoms with E-state index < -0.39 is 10.0 Å². The predicted molar refractivity (Wildman–Crippen MR) is 50.0 cm³/mol. The number of nitrogens with zero attached hydrogens (tertiary/aromatic N) is 1. The van der Waals surface area contributed by atoms with Gasteiger partial charge in [-0.2, -0.15) is 0 Å². The SMILES string of the molecule is Cc1cc(=N)cc(C)n1S(C)(=O)=O. The van der Waals surface area contributed by atoms with Crippen LogP contribution >= 0.6 is 0 Å². The van der Waals surface area contributed by atoms with Crippen molar-refractivity contribution in [1.29, 1.82) is 5.41 Å². The van der Waals surface area contributed by atoms with Gasteiger partial charge in [0, 0.05) is 11.4 Å². The molecule has 0 atom stereocenters. The predicted octanol–water partition coefficient (Wildman–Crippen LogP) is 0.392. The zero-order chi connectivity index (χ0) is 10.2. The lowest BCUT2D eigenvalue weighted by Crippen LogP contribution is -2.19. The third-order valence-electron chi connectivity index (χ3n) is 1.70. The molecule has 1 aromatic heterocycles. The number of aryl methyl sites for hydroxylation is 2. The molecule has 0 aliphatic carbocycles.